The number of aryl methyl sites for hydroxylation is 2. The summed E-state index contributed by atoms with van der Waals surface area (Å²) in [6, 6.07) is 12.0. The van der Waals surface area contributed by atoms with Crippen molar-refractivity contribution >= 4 is 17.5 Å². The number of hydrogen-bond donors (Lipinski definition) is 0. The Labute approximate surface area is 155 Å². The molecule has 2 heterocycles. The molecule has 0 radical (unpaired) electrons. The minimum Gasteiger partial charge on any atom is -0.464 e. The third-order valence-electron chi connectivity index (χ3n) is 3.92. The Morgan fingerprint density at radius 3 is 2.50 bits per heavy atom. The molecule has 0 aliphatic heterocycles. The number of benzene rings is 1. The molecule has 0 N–H and O–H groups in total. The van der Waals surface area contributed by atoms with E-state index in [1.165, 1.54) is 11.0 Å². The van der Waals surface area contributed by atoms with Crippen molar-refractivity contribution in [1.29, 1.82) is 0 Å². The number of rotatable bonds is 4. The van der Waals surface area contributed by atoms with Crippen LogP contribution in [0.1, 0.15) is 27.7 Å². The first kappa shape index (κ1) is 17.9. The van der Waals surface area contributed by atoms with E-state index in [0.717, 1.165) is 5.76 Å². The number of carbonyl (C=O) groups excluding carboxylic acids is 1. The van der Waals surface area contributed by atoms with Gasteiger partial charge in [-0.1, -0.05) is 11.6 Å². The lowest BCUT2D eigenvalue weighted by molar-refractivity contribution is 0.0765. The molecule has 0 saturated carbocycles. The normalized spacial score (nSPS) is 10.8. The van der Waals surface area contributed by atoms with Gasteiger partial charge in [0.1, 0.15) is 11.5 Å². The number of amides is 1. The maximum absolute atomic E-state index is 12.7. The predicted octanol–water partition coefficient (Wildman–Crippen LogP) is 3.37. The highest BCUT2D eigenvalue weighted by atomic mass is 35.5. The Morgan fingerprint density at radius 1 is 1.19 bits per heavy atom. The first-order chi connectivity index (χ1) is 12.3. The van der Waals surface area contributed by atoms with Gasteiger partial charge in [-0.05, 0) is 50.2 Å². The summed E-state index contributed by atoms with van der Waals surface area (Å²) in [5, 5.41) is 4.87. The topological polar surface area (TPSA) is 68.3 Å². The lowest BCUT2D eigenvalue weighted by Gasteiger charge is -2.16. The molecule has 0 fully saturated rings. The molecule has 3 rings (SSSR count). The van der Waals surface area contributed by atoms with Crippen molar-refractivity contribution < 1.29 is 9.21 Å². The summed E-state index contributed by atoms with van der Waals surface area (Å²) >= 11 is 5.92. The molecule has 1 aromatic carbocycles. The van der Waals surface area contributed by atoms with Crippen LogP contribution in [0, 0.1) is 13.8 Å². The number of aromatic nitrogens is 2. The van der Waals surface area contributed by atoms with Crippen molar-refractivity contribution in [1.82, 2.24) is 14.7 Å². The maximum Gasteiger partial charge on any atom is 0.278 e. The Kier molecular flexibility index (Phi) is 4.95. The Hall–Kier alpha value is -2.86. The molecule has 0 aliphatic carbocycles. The van der Waals surface area contributed by atoms with Gasteiger partial charge in [0.2, 0.25) is 5.43 Å². The molecular formula is C19H18ClN3O3. The standard InChI is InChI=1S/C19H18ClN3O3/c1-12-10-17(24)18(21-23(12)15-7-5-14(20)6-8-15)19(25)22(3)11-16-9-4-13(2)26-16/h4-10H,11H2,1-3H3. The number of furan rings is 1. The lowest BCUT2D eigenvalue weighted by Crippen LogP contribution is -2.33. The third kappa shape index (κ3) is 3.70. The Bertz CT molecular complexity index is 1010. The molecule has 0 aliphatic rings. The average Bonchev–Trinajstić information content (AvgIpc) is 3.00. The van der Waals surface area contributed by atoms with E-state index in [-0.39, 0.29) is 12.2 Å². The lowest BCUT2D eigenvalue weighted by atomic mass is 10.2. The van der Waals surface area contributed by atoms with Crippen LogP contribution in [0.2, 0.25) is 5.02 Å². The molecular weight excluding hydrogens is 354 g/mol. The van der Waals surface area contributed by atoms with Gasteiger partial charge in [0.05, 0.1) is 12.2 Å². The van der Waals surface area contributed by atoms with Gasteiger partial charge in [0, 0.05) is 23.8 Å². The van der Waals surface area contributed by atoms with Gasteiger partial charge in [-0.2, -0.15) is 5.10 Å². The number of nitrogens with zero attached hydrogens (tertiary/aromatic N) is 3. The monoisotopic (exact) mass is 371 g/mol. The molecule has 3 aromatic rings. The predicted molar refractivity (Wildman–Crippen MR) is 98.8 cm³/mol. The zero-order chi connectivity index (χ0) is 18.8. The van der Waals surface area contributed by atoms with E-state index in [4.69, 9.17) is 16.0 Å². The Balaban J connectivity index is 1.93. The first-order valence-corrected chi connectivity index (χ1v) is 8.40. The van der Waals surface area contributed by atoms with Crippen LogP contribution in [-0.2, 0) is 6.54 Å². The van der Waals surface area contributed by atoms with Gasteiger partial charge in [0.25, 0.3) is 5.91 Å². The van der Waals surface area contributed by atoms with Crippen LogP contribution in [0.3, 0.4) is 0 Å². The molecule has 0 unspecified atom stereocenters. The molecule has 2 aromatic heterocycles. The number of halogens is 1. The second-order valence-corrected chi connectivity index (χ2v) is 6.50. The summed E-state index contributed by atoms with van der Waals surface area (Å²) in [5.41, 5.74) is 0.778. The molecule has 134 valence electrons. The van der Waals surface area contributed by atoms with E-state index >= 15 is 0 Å². The van der Waals surface area contributed by atoms with E-state index in [1.807, 2.05) is 13.0 Å². The van der Waals surface area contributed by atoms with Gasteiger partial charge in [-0.25, -0.2) is 4.68 Å². The van der Waals surface area contributed by atoms with E-state index in [2.05, 4.69) is 5.10 Å². The van der Waals surface area contributed by atoms with Gasteiger partial charge < -0.3 is 9.32 Å². The second kappa shape index (κ2) is 7.17. The third-order valence-corrected chi connectivity index (χ3v) is 4.17. The fraction of sp³-hybridized carbons (Fsp3) is 0.211. The van der Waals surface area contributed by atoms with Crippen LogP contribution in [-0.4, -0.2) is 27.6 Å². The summed E-state index contributed by atoms with van der Waals surface area (Å²) in [7, 11) is 1.60. The summed E-state index contributed by atoms with van der Waals surface area (Å²) < 4.78 is 7.04. The largest absolute Gasteiger partial charge is 0.464 e. The molecule has 26 heavy (non-hydrogen) atoms. The first-order valence-electron chi connectivity index (χ1n) is 8.03. The summed E-state index contributed by atoms with van der Waals surface area (Å²) in [5.74, 6) is 0.939. The summed E-state index contributed by atoms with van der Waals surface area (Å²) in [4.78, 5) is 26.4. The number of hydrogen-bond acceptors (Lipinski definition) is 4. The van der Waals surface area contributed by atoms with Crippen LogP contribution in [0.5, 0.6) is 0 Å². The van der Waals surface area contributed by atoms with Crippen molar-refractivity contribution in [2.24, 2.45) is 0 Å². The SMILES string of the molecule is Cc1ccc(CN(C)C(=O)c2nn(-c3ccc(Cl)cc3)c(C)cc2=O)o1. The fourth-order valence-electron chi connectivity index (χ4n) is 2.60. The molecule has 1 amide bonds. The van der Waals surface area contributed by atoms with Crippen molar-refractivity contribution in [2.75, 3.05) is 7.05 Å². The minimum absolute atomic E-state index is 0.142. The fourth-order valence-corrected chi connectivity index (χ4v) is 2.72. The van der Waals surface area contributed by atoms with Gasteiger partial charge >= 0.3 is 0 Å². The van der Waals surface area contributed by atoms with E-state index < -0.39 is 11.3 Å². The summed E-state index contributed by atoms with van der Waals surface area (Å²) in [6.45, 7) is 3.84. The highest BCUT2D eigenvalue weighted by molar-refractivity contribution is 6.30. The van der Waals surface area contributed by atoms with Crippen molar-refractivity contribution in [3.8, 4) is 5.69 Å². The van der Waals surface area contributed by atoms with Gasteiger partial charge in [0.15, 0.2) is 5.69 Å². The second-order valence-electron chi connectivity index (χ2n) is 6.06. The Morgan fingerprint density at radius 2 is 1.88 bits per heavy atom. The highest BCUT2D eigenvalue weighted by Gasteiger charge is 2.20. The van der Waals surface area contributed by atoms with Crippen LogP contribution in [0.4, 0.5) is 0 Å². The van der Waals surface area contributed by atoms with Crippen molar-refractivity contribution in [3.63, 3.8) is 0 Å². The number of carbonyl (C=O) groups is 1. The molecule has 7 heteroatoms. The maximum atomic E-state index is 12.7. The highest BCUT2D eigenvalue weighted by Crippen LogP contribution is 2.14. The minimum atomic E-state index is -0.466. The van der Waals surface area contributed by atoms with Crippen molar-refractivity contribution in [3.05, 3.63) is 80.6 Å². The smallest absolute Gasteiger partial charge is 0.278 e. The van der Waals surface area contributed by atoms with E-state index in [0.29, 0.717) is 22.2 Å². The van der Waals surface area contributed by atoms with Crippen molar-refractivity contribution in [2.45, 2.75) is 20.4 Å². The molecule has 0 spiro atoms. The molecule has 0 saturated heterocycles. The van der Waals surface area contributed by atoms with Crippen LogP contribution in [0.15, 0.2) is 51.7 Å². The molecule has 0 atom stereocenters. The quantitative estimate of drug-likeness (QED) is 0.705. The molecule has 6 nitrogen and oxygen atoms in total. The molecule has 0 bridgehead atoms. The van der Waals surface area contributed by atoms with E-state index in [9.17, 15) is 9.59 Å². The van der Waals surface area contributed by atoms with Crippen LogP contribution < -0.4 is 5.43 Å². The van der Waals surface area contributed by atoms with E-state index in [1.54, 1.807) is 49.0 Å². The average molecular weight is 372 g/mol. The van der Waals surface area contributed by atoms with Gasteiger partial charge in [-0.3, -0.25) is 9.59 Å². The summed E-state index contributed by atoms with van der Waals surface area (Å²) in [6.07, 6.45) is 0. The zero-order valence-electron chi connectivity index (χ0n) is 14.7. The zero-order valence-corrected chi connectivity index (χ0v) is 15.4. The van der Waals surface area contributed by atoms with Gasteiger partial charge in [-0.15, -0.1) is 0 Å². The van der Waals surface area contributed by atoms with Crippen LogP contribution >= 0.6 is 11.6 Å². The van der Waals surface area contributed by atoms with Crippen LogP contribution in [0.25, 0.3) is 5.69 Å².